The maximum atomic E-state index is 13.3. The minimum absolute atomic E-state index is 0.00564. The van der Waals surface area contributed by atoms with Crippen molar-refractivity contribution in [2.45, 2.75) is 26.2 Å². The van der Waals surface area contributed by atoms with Gasteiger partial charge in [0.1, 0.15) is 5.82 Å². The zero-order chi connectivity index (χ0) is 17.9. The second kappa shape index (κ2) is 7.70. The number of carbonyl (C=O) groups excluding carboxylic acids is 1. The molecule has 0 unspecified atom stereocenters. The van der Waals surface area contributed by atoms with Crippen molar-refractivity contribution in [1.82, 2.24) is 4.90 Å². The Morgan fingerprint density at radius 3 is 2.54 bits per heavy atom. The molecule has 1 aliphatic rings. The second-order valence-corrected chi connectivity index (χ2v) is 8.56. The molecule has 0 spiro atoms. The number of likely N-dealkylation sites (tertiary alicyclic amines) is 1. The molecule has 0 bridgehead atoms. The number of amides is 1. The van der Waals surface area contributed by atoms with E-state index < -0.39 is 15.8 Å². The number of hydrogen-bond acceptors (Lipinski definition) is 3. The average Bonchev–Trinajstić information content (AvgIpc) is 2.50. The van der Waals surface area contributed by atoms with Crippen LogP contribution in [-0.4, -0.2) is 45.1 Å². The van der Waals surface area contributed by atoms with Crippen LogP contribution < -0.4 is 4.31 Å². The summed E-state index contributed by atoms with van der Waals surface area (Å²) in [5.74, 6) is -0.0703. The number of rotatable bonds is 5. The summed E-state index contributed by atoms with van der Waals surface area (Å²) in [6, 6.07) is 3.71. The third kappa shape index (κ3) is 4.83. The molecule has 134 valence electrons. The molecule has 1 aromatic rings. The van der Waals surface area contributed by atoms with E-state index in [1.54, 1.807) is 4.90 Å². The molecule has 2 rings (SSSR count). The molecule has 1 aliphatic heterocycles. The fraction of sp³-hybridized carbons (Fsp3) is 0.562. The Balaban J connectivity index is 2.07. The molecule has 0 atom stereocenters. The van der Waals surface area contributed by atoms with E-state index in [1.165, 1.54) is 12.1 Å². The predicted molar refractivity (Wildman–Crippen MR) is 93.2 cm³/mol. The van der Waals surface area contributed by atoms with Crippen LogP contribution in [0.5, 0.6) is 0 Å². The van der Waals surface area contributed by atoms with Crippen molar-refractivity contribution in [3.8, 4) is 0 Å². The Bertz CT molecular complexity index is 703. The van der Waals surface area contributed by atoms with Crippen LogP contribution in [0.4, 0.5) is 10.1 Å². The van der Waals surface area contributed by atoms with Crippen molar-refractivity contribution in [2.24, 2.45) is 5.92 Å². The van der Waals surface area contributed by atoms with Gasteiger partial charge in [-0.15, -0.1) is 0 Å². The number of benzene rings is 1. The normalized spacial score (nSPS) is 16.2. The molecule has 0 saturated carbocycles. The fourth-order valence-electron chi connectivity index (χ4n) is 2.74. The summed E-state index contributed by atoms with van der Waals surface area (Å²) in [6.07, 6.45) is 3.07. The Morgan fingerprint density at radius 1 is 1.38 bits per heavy atom. The van der Waals surface area contributed by atoms with E-state index in [1.807, 2.05) is 0 Å². The smallest absolute Gasteiger partial charge is 0.232 e. The zero-order valence-electron chi connectivity index (χ0n) is 13.8. The van der Waals surface area contributed by atoms with Gasteiger partial charge in [0.15, 0.2) is 0 Å². The molecule has 5 nitrogen and oxygen atoms in total. The van der Waals surface area contributed by atoms with Gasteiger partial charge in [0.25, 0.3) is 0 Å². The van der Waals surface area contributed by atoms with Crippen LogP contribution in [0, 0.1) is 11.7 Å². The Morgan fingerprint density at radius 2 is 2.00 bits per heavy atom. The van der Waals surface area contributed by atoms with E-state index in [0.29, 0.717) is 19.0 Å². The van der Waals surface area contributed by atoms with Crippen LogP contribution in [-0.2, 0) is 14.8 Å². The van der Waals surface area contributed by atoms with Gasteiger partial charge in [-0.1, -0.05) is 18.5 Å². The van der Waals surface area contributed by atoms with Crippen molar-refractivity contribution in [2.75, 3.05) is 30.2 Å². The van der Waals surface area contributed by atoms with Gasteiger partial charge in [-0.2, -0.15) is 0 Å². The molecule has 8 heteroatoms. The van der Waals surface area contributed by atoms with Gasteiger partial charge in [-0.3, -0.25) is 9.10 Å². The molecule has 0 radical (unpaired) electrons. The highest BCUT2D eigenvalue weighted by Crippen LogP contribution is 2.25. The molecule has 0 aromatic heterocycles. The van der Waals surface area contributed by atoms with Crippen LogP contribution in [0.3, 0.4) is 0 Å². The van der Waals surface area contributed by atoms with E-state index in [9.17, 15) is 17.6 Å². The fourth-order valence-corrected chi connectivity index (χ4v) is 3.83. The molecule has 1 saturated heterocycles. The molecular weight excluding hydrogens is 355 g/mol. The highest BCUT2D eigenvalue weighted by atomic mass is 35.5. The second-order valence-electron chi connectivity index (χ2n) is 6.25. The van der Waals surface area contributed by atoms with Crippen molar-refractivity contribution in [3.05, 3.63) is 29.0 Å². The summed E-state index contributed by atoms with van der Waals surface area (Å²) in [6.45, 7) is 3.58. The van der Waals surface area contributed by atoms with Gasteiger partial charge in [0, 0.05) is 26.1 Å². The third-order valence-corrected chi connectivity index (χ3v) is 5.74. The molecule has 0 N–H and O–H groups in total. The van der Waals surface area contributed by atoms with Crippen molar-refractivity contribution < 1.29 is 17.6 Å². The first kappa shape index (κ1) is 19.0. The number of carbonyl (C=O) groups is 1. The van der Waals surface area contributed by atoms with Crippen LogP contribution in [0.1, 0.15) is 26.2 Å². The summed E-state index contributed by atoms with van der Waals surface area (Å²) < 4.78 is 38.4. The number of nitrogens with zero attached hydrogens (tertiary/aromatic N) is 2. The maximum absolute atomic E-state index is 13.3. The van der Waals surface area contributed by atoms with Crippen LogP contribution >= 0.6 is 11.6 Å². The topological polar surface area (TPSA) is 57.7 Å². The van der Waals surface area contributed by atoms with Gasteiger partial charge in [-0.05, 0) is 37.0 Å². The standard InChI is InChI=1S/C16H22ClFN2O3S/c1-12-5-8-19(9-6-12)16(21)7-10-20(24(2,22)23)13-3-4-15(18)14(17)11-13/h3-4,11-12H,5-10H2,1-2H3. The predicted octanol–water partition coefficient (Wildman–Crippen LogP) is 2.89. The van der Waals surface area contributed by atoms with Gasteiger partial charge in [-0.25, -0.2) is 12.8 Å². The SMILES string of the molecule is CC1CCN(C(=O)CCN(c2ccc(F)c(Cl)c2)S(C)(=O)=O)CC1. The molecule has 1 amide bonds. The highest BCUT2D eigenvalue weighted by Gasteiger charge is 2.23. The lowest BCUT2D eigenvalue weighted by atomic mass is 9.99. The first-order valence-electron chi connectivity index (χ1n) is 7.89. The third-order valence-electron chi connectivity index (χ3n) is 4.26. The van der Waals surface area contributed by atoms with Crippen molar-refractivity contribution >= 4 is 33.2 Å². The molecular formula is C16H22ClFN2O3S. The minimum Gasteiger partial charge on any atom is -0.343 e. The lowest BCUT2D eigenvalue weighted by Gasteiger charge is -2.31. The van der Waals surface area contributed by atoms with Gasteiger partial charge >= 0.3 is 0 Å². The first-order valence-corrected chi connectivity index (χ1v) is 10.1. The van der Waals surface area contributed by atoms with E-state index in [-0.39, 0.29) is 29.6 Å². The van der Waals surface area contributed by atoms with Crippen LogP contribution in [0.2, 0.25) is 5.02 Å². The summed E-state index contributed by atoms with van der Waals surface area (Å²) in [7, 11) is -3.60. The van der Waals surface area contributed by atoms with Gasteiger partial charge in [0.2, 0.25) is 15.9 Å². The maximum Gasteiger partial charge on any atom is 0.232 e. The number of anilines is 1. The average molecular weight is 377 g/mol. The highest BCUT2D eigenvalue weighted by molar-refractivity contribution is 7.92. The van der Waals surface area contributed by atoms with Crippen molar-refractivity contribution in [1.29, 1.82) is 0 Å². The zero-order valence-corrected chi connectivity index (χ0v) is 15.4. The molecule has 1 fully saturated rings. The van der Waals surface area contributed by atoms with E-state index in [4.69, 9.17) is 11.6 Å². The monoisotopic (exact) mass is 376 g/mol. The quantitative estimate of drug-likeness (QED) is 0.793. The van der Waals surface area contributed by atoms with E-state index in [0.717, 1.165) is 29.5 Å². The van der Waals surface area contributed by atoms with E-state index >= 15 is 0 Å². The number of halogens is 2. The molecule has 0 aliphatic carbocycles. The lowest BCUT2D eigenvalue weighted by molar-refractivity contribution is -0.132. The summed E-state index contributed by atoms with van der Waals surface area (Å²) in [5, 5.41) is -0.155. The molecule has 1 heterocycles. The number of piperidine rings is 1. The largest absolute Gasteiger partial charge is 0.343 e. The number of sulfonamides is 1. The molecule has 24 heavy (non-hydrogen) atoms. The Labute approximate surface area is 147 Å². The summed E-state index contributed by atoms with van der Waals surface area (Å²) in [5.41, 5.74) is 0.254. The van der Waals surface area contributed by atoms with Crippen LogP contribution in [0.15, 0.2) is 18.2 Å². The lowest BCUT2D eigenvalue weighted by Crippen LogP contribution is -2.40. The minimum atomic E-state index is -3.60. The summed E-state index contributed by atoms with van der Waals surface area (Å²) in [4.78, 5) is 14.1. The molecule has 1 aromatic carbocycles. The number of hydrogen-bond donors (Lipinski definition) is 0. The Kier molecular flexibility index (Phi) is 6.09. The van der Waals surface area contributed by atoms with Gasteiger partial charge < -0.3 is 4.90 Å². The first-order chi connectivity index (χ1) is 11.2. The Hall–Kier alpha value is -1.34. The van der Waals surface area contributed by atoms with Crippen LogP contribution in [0.25, 0.3) is 0 Å². The van der Waals surface area contributed by atoms with Crippen molar-refractivity contribution in [3.63, 3.8) is 0 Å². The van der Waals surface area contributed by atoms with Gasteiger partial charge in [0.05, 0.1) is 17.0 Å². The summed E-state index contributed by atoms with van der Waals surface area (Å²) >= 11 is 5.73. The van der Waals surface area contributed by atoms with E-state index in [2.05, 4.69) is 6.92 Å².